The Balaban J connectivity index is 1.46. The number of hydrogen-bond acceptors (Lipinski definition) is 5. The van der Waals surface area contributed by atoms with Crippen molar-refractivity contribution in [2.24, 2.45) is 5.92 Å². The number of para-hydroxylation sites is 2. The third kappa shape index (κ3) is 3.31. The number of carbonyl (C=O) groups is 1. The van der Waals surface area contributed by atoms with Crippen molar-refractivity contribution in [3.8, 4) is 5.19 Å². The minimum absolute atomic E-state index is 0.0672. The lowest BCUT2D eigenvalue weighted by atomic mass is 9.94. The molecule has 1 aromatic carbocycles. The summed E-state index contributed by atoms with van der Waals surface area (Å²) in [5.41, 5.74) is 2.81. The minimum atomic E-state index is 0.0672. The third-order valence-electron chi connectivity index (χ3n) is 4.87. The molecule has 0 spiro atoms. The topological polar surface area (TPSA) is 71.1 Å². The fraction of sp³-hybridized carbons (Fsp3) is 0.421. The summed E-state index contributed by atoms with van der Waals surface area (Å²) >= 11 is 1.33. The molecule has 0 radical (unpaired) electrons. The molecule has 1 aliphatic rings. The van der Waals surface area contributed by atoms with Crippen molar-refractivity contribution in [3.63, 3.8) is 0 Å². The number of methoxy groups -OCH3 is 1. The molecule has 26 heavy (non-hydrogen) atoms. The van der Waals surface area contributed by atoms with Crippen LogP contribution in [0.25, 0.3) is 11.0 Å². The van der Waals surface area contributed by atoms with Gasteiger partial charge in [0.1, 0.15) is 10.7 Å². The molecule has 1 N–H and O–H groups in total. The van der Waals surface area contributed by atoms with E-state index in [0.717, 1.165) is 54.9 Å². The Bertz CT molecular complexity index is 900. The van der Waals surface area contributed by atoms with Crippen molar-refractivity contribution in [2.75, 3.05) is 20.2 Å². The van der Waals surface area contributed by atoms with Crippen LogP contribution in [0.15, 0.2) is 24.3 Å². The van der Waals surface area contributed by atoms with Crippen LogP contribution in [-0.2, 0) is 6.42 Å². The zero-order valence-corrected chi connectivity index (χ0v) is 15.8. The van der Waals surface area contributed by atoms with Gasteiger partial charge >= 0.3 is 0 Å². The molecular formula is C19H22N4O2S. The van der Waals surface area contributed by atoms with E-state index in [0.29, 0.717) is 16.0 Å². The summed E-state index contributed by atoms with van der Waals surface area (Å²) in [6, 6.07) is 8.07. The van der Waals surface area contributed by atoms with Crippen molar-refractivity contribution in [3.05, 3.63) is 40.7 Å². The highest BCUT2D eigenvalue weighted by Gasteiger charge is 2.28. The molecule has 1 fully saturated rings. The molecule has 3 heterocycles. The highest BCUT2D eigenvalue weighted by molar-refractivity contribution is 7.15. The Morgan fingerprint density at radius 1 is 1.38 bits per heavy atom. The highest BCUT2D eigenvalue weighted by Crippen LogP contribution is 2.28. The second-order valence-corrected chi connectivity index (χ2v) is 7.72. The van der Waals surface area contributed by atoms with Crippen LogP contribution in [0.4, 0.5) is 0 Å². The van der Waals surface area contributed by atoms with Gasteiger partial charge in [-0.1, -0.05) is 23.5 Å². The quantitative estimate of drug-likeness (QED) is 0.764. The van der Waals surface area contributed by atoms with Crippen LogP contribution >= 0.6 is 11.3 Å². The number of likely N-dealkylation sites (tertiary alicyclic amines) is 1. The lowest BCUT2D eigenvalue weighted by Gasteiger charge is -2.32. The van der Waals surface area contributed by atoms with Gasteiger partial charge in [-0.2, -0.15) is 0 Å². The fourth-order valence-corrected chi connectivity index (χ4v) is 4.44. The van der Waals surface area contributed by atoms with Gasteiger partial charge in [0.15, 0.2) is 0 Å². The van der Waals surface area contributed by atoms with E-state index >= 15 is 0 Å². The van der Waals surface area contributed by atoms with Crippen molar-refractivity contribution in [1.82, 2.24) is 19.9 Å². The molecule has 0 aliphatic carbocycles. The normalized spacial score (nSPS) is 17.6. The molecule has 2 aromatic heterocycles. The van der Waals surface area contributed by atoms with Crippen molar-refractivity contribution in [1.29, 1.82) is 0 Å². The van der Waals surface area contributed by atoms with Crippen molar-refractivity contribution in [2.45, 2.75) is 26.2 Å². The Hall–Kier alpha value is -2.41. The third-order valence-corrected chi connectivity index (χ3v) is 5.98. The number of aryl methyl sites for hydroxylation is 1. The number of thiazole rings is 1. The predicted molar refractivity (Wildman–Crippen MR) is 102 cm³/mol. The number of nitrogens with zero attached hydrogens (tertiary/aromatic N) is 3. The van der Waals surface area contributed by atoms with Gasteiger partial charge in [-0.05, 0) is 37.8 Å². The molecule has 0 bridgehead atoms. The van der Waals surface area contributed by atoms with Crippen LogP contribution in [0.5, 0.6) is 5.19 Å². The van der Waals surface area contributed by atoms with Gasteiger partial charge in [0.25, 0.3) is 11.1 Å². The van der Waals surface area contributed by atoms with E-state index in [9.17, 15) is 4.79 Å². The molecule has 1 atom stereocenters. The van der Waals surface area contributed by atoms with Gasteiger partial charge in [0.2, 0.25) is 0 Å². The van der Waals surface area contributed by atoms with Gasteiger partial charge in [-0.3, -0.25) is 4.79 Å². The van der Waals surface area contributed by atoms with E-state index in [4.69, 9.17) is 4.74 Å². The number of hydrogen-bond donors (Lipinski definition) is 1. The van der Waals surface area contributed by atoms with Gasteiger partial charge in [-0.15, -0.1) is 0 Å². The number of H-pyrrole nitrogens is 1. The molecule has 1 saturated heterocycles. The largest absolute Gasteiger partial charge is 0.473 e. The zero-order chi connectivity index (χ0) is 18.1. The maximum absolute atomic E-state index is 12.9. The first kappa shape index (κ1) is 17.0. The van der Waals surface area contributed by atoms with E-state index in [1.807, 2.05) is 36.1 Å². The molecule has 0 saturated carbocycles. The second-order valence-electron chi connectivity index (χ2n) is 6.76. The molecule has 0 unspecified atom stereocenters. The summed E-state index contributed by atoms with van der Waals surface area (Å²) in [5, 5.41) is 0.543. The lowest BCUT2D eigenvalue weighted by Crippen LogP contribution is -2.40. The molecule has 1 amide bonds. The highest BCUT2D eigenvalue weighted by atomic mass is 32.1. The monoisotopic (exact) mass is 370 g/mol. The van der Waals surface area contributed by atoms with Crippen LogP contribution in [0.3, 0.4) is 0 Å². The summed E-state index contributed by atoms with van der Waals surface area (Å²) < 4.78 is 5.17. The fourth-order valence-electron chi connectivity index (χ4n) is 3.59. The number of piperidine rings is 1. The summed E-state index contributed by atoms with van der Waals surface area (Å²) in [6.45, 7) is 3.42. The number of ether oxygens (including phenoxy) is 1. The van der Waals surface area contributed by atoms with Crippen LogP contribution in [0.2, 0.25) is 0 Å². The smallest absolute Gasteiger partial charge is 0.273 e. The first-order valence-electron chi connectivity index (χ1n) is 8.88. The second kappa shape index (κ2) is 7.07. The number of nitrogens with one attached hydrogen (secondary N) is 1. The predicted octanol–water partition coefficient (Wildman–Crippen LogP) is 3.43. The van der Waals surface area contributed by atoms with E-state index < -0.39 is 0 Å². The summed E-state index contributed by atoms with van der Waals surface area (Å²) in [5.74, 6) is 1.49. The van der Waals surface area contributed by atoms with Crippen LogP contribution in [0, 0.1) is 12.8 Å². The summed E-state index contributed by atoms with van der Waals surface area (Å²) in [7, 11) is 1.58. The minimum Gasteiger partial charge on any atom is -0.473 e. The Labute approximate surface area is 156 Å². The molecule has 1 aliphatic heterocycles. The Kier molecular flexibility index (Phi) is 4.63. The number of amides is 1. The van der Waals surface area contributed by atoms with Gasteiger partial charge in [0.05, 0.1) is 23.8 Å². The number of aromatic amines is 1. The molecule has 136 valence electrons. The number of carbonyl (C=O) groups excluding carboxylic acids is 1. The SMILES string of the molecule is COc1nc(C)c(C(=O)N2CCC[C@H](Cc3nc4ccccc4[nH]3)C2)s1. The molecule has 6 nitrogen and oxygen atoms in total. The Morgan fingerprint density at radius 2 is 2.23 bits per heavy atom. The first-order valence-corrected chi connectivity index (χ1v) is 9.70. The van der Waals surface area contributed by atoms with Gasteiger partial charge in [0, 0.05) is 19.5 Å². The van der Waals surface area contributed by atoms with E-state index in [2.05, 4.69) is 15.0 Å². The van der Waals surface area contributed by atoms with Crippen LogP contribution in [0.1, 0.15) is 34.0 Å². The number of rotatable bonds is 4. The molecular weight excluding hydrogens is 348 g/mol. The summed E-state index contributed by atoms with van der Waals surface area (Å²) in [6.07, 6.45) is 3.00. The van der Waals surface area contributed by atoms with E-state index in [1.54, 1.807) is 7.11 Å². The number of aromatic nitrogens is 3. The number of fused-ring (bicyclic) bond motifs is 1. The average molecular weight is 370 g/mol. The maximum atomic E-state index is 12.9. The first-order chi connectivity index (χ1) is 12.6. The standard InChI is InChI=1S/C19H22N4O2S/c1-12-17(26-19(20-12)25-2)18(24)23-9-5-6-13(11-23)10-16-21-14-7-3-4-8-15(14)22-16/h3-4,7-8,13H,5-6,9-11H2,1-2H3,(H,21,22)/t13-/m1/s1. The number of imidazole rings is 1. The van der Waals surface area contributed by atoms with Gasteiger partial charge < -0.3 is 14.6 Å². The maximum Gasteiger partial charge on any atom is 0.273 e. The average Bonchev–Trinajstić information content (AvgIpc) is 3.23. The number of benzene rings is 1. The van der Waals surface area contributed by atoms with Crippen LogP contribution in [-0.4, -0.2) is 46.0 Å². The van der Waals surface area contributed by atoms with Crippen LogP contribution < -0.4 is 4.74 Å². The van der Waals surface area contributed by atoms with E-state index in [1.165, 1.54) is 11.3 Å². The van der Waals surface area contributed by atoms with Gasteiger partial charge in [-0.25, -0.2) is 9.97 Å². The van der Waals surface area contributed by atoms with E-state index in [-0.39, 0.29) is 5.91 Å². The van der Waals surface area contributed by atoms with Crippen molar-refractivity contribution >= 4 is 28.3 Å². The molecule has 3 aromatic rings. The molecule has 7 heteroatoms. The lowest BCUT2D eigenvalue weighted by molar-refractivity contribution is 0.0676. The Morgan fingerprint density at radius 3 is 3.00 bits per heavy atom. The zero-order valence-electron chi connectivity index (χ0n) is 15.0. The van der Waals surface area contributed by atoms with Crippen molar-refractivity contribution < 1.29 is 9.53 Å². The summed E-state index contributed by atoms with van der Waals surface area (Å²) in [4.78, 5) is 27.9. The molecule has 4 rings (SSSR count).